The number of carbonyl (C=O) groups is 1. The summed E-state index contributed by atoms with van der Waals surface area (Å²) in [6.07, 6.45) is 1.57. The first-order valence-corrected chi connectivity index (χ1v) is 8.24. The van der Waals surface area contributed by atoms with Gasteiger partial charge in [0.1, 0.15) is 22.8 Å². The number of thiophene rings is 1. The molecular weight excluding hydrogens is 304 g/mol. The average Bonchev–Trinajstić information content (AvgIpc) is 3.01. The molecule has 0 unspecified atom stereocenters. The summed E-state index contributed by atoms with van der Waals surface area (Å²) in [4.78, 5) is 21.2. The molecule has 6 heteroatoms. The number of benzene rings is 1. The van der Waals surface area contributed by atoms with Crippen molar-refractivity contribution in [2.45, 2.75) is 5.03 Å². The Morgan fingerprint density at radius 1 is 1.19 bits per heavy atom. The molecule has 0 N–H and O–H groups in total. The number of fused-ring (bicyclic) bond motifs is 1. The van der Waals surface area contributed by atoms with Crippen LogP contribution in [0.15, 0.2) is 53.1 Å². The van der Waals surface area contributed by atoms with Crippen LogP contribution in [0.5, 0.6) is 0 Å². The lowest BCUT2D eigenvalue weighted by molar-refractivity contribution is 0.0530. The third-order valence-electron chi connectivity index (χ3n) is 2.79. The molecule has 0 radical (unpaired) electrons. The van der Waals surface area contributed by atoms with E-state index in [4.69, 9.17) is 4.74 Å². The predicted octanol–water partition coefficient (Wildman–Crippen LogP) is 3.64. The molecule has 2 heterocycles. The van der Waals surface area contributed by atoms with Crippen LogP contribution in [0, 0.1) is 0 Å². The highest BCUT2D eigenvalue weighted by Crippen LogP contribution is 2.27. The Labute approximate surface area is 130 Å². The molecule has 0 aliphatic rings. The van der Waals surface area contributed by atoms with Crippen molar-refractivity contribution in [2.75, 3.05) is 12.4 Å². The van der Waals surface area contributed by atoms with Crippen molar-refractivity contribution in [3.8, 4) is 0 Å². The number of rotatable bonds is 5. The second kappa shape index (κ2) is 6.69. The zero-order valence-electron chi connectivity index (χ0n) is 11.1. The highest BCUT2D eigenvalue weighted by atomic mass is 32.2. The minimum absolute atomic E-state index is 0.292. The lowest BCUT2D eigenvalue weighted by atomic mass is 10.2. The zero-order valence-corrected chi connectivity index (χ0v) is 12.7. The normalized spacial score (nSPS) is 10.7. The van der Waals surface area contributed by atoms with Crippen molar-refractivity contribution in [3.63, 3.8) is 0 Å². The molecule has 0 amide bonds. The molecule has 0 spiro atoms. The maximum absolute atomic E-state index is 11.8. The lowest BCUT2D eigenvalue weighted by Crippen LogP contribution is -2.07. The monoisotopic (exact) mass is 316 g/mol. The summed E-state index contributed by atoms with van der Waals surface area (Å²) in [5, 5.41) is 3.98. The Balaban J connectivity index is 1.53. The van der Waals surface area contributed by atoms with Gasteiger partial charge in [0.2, 0.25) is 0 Å². The molecule has 1 aromatic carbocycles. The molecule has 3 aromatic rings. The summed E-state index contributed by atoms with van der Waals surface area (Å²) < 4.78 is 5.24. The third-order valence-corrected chi connectivity index (χ3v) is 4.58. The largest absolute Gasteiger partial charge is 0.461 e. The Morgan fingerprint density at radius 3 is 2.90 bits per heavy atom. The van der Waals surface area contributed by atoms with Crippen LogP contribution in [0.3, 0.4) is 0 Å². The van der Waals surface area contributed by atoms with Gasteiger partial charge in [-0.25, -0.2) is 14.8 Å². The fourth-order valence-corrected chi connectivity index (χ4v) is 3.41. The Bertz CT molecular complexity index is 744. The van der Waals surface area contributed by atoms with Crippen molar-refractivity contribution in [2.24, 2.45) is 0 Å². The number of carbonyl (C=O) groups excluding carboxylic acids is 1. The zero-order chi connectivity index (χ0) is 14.5. The fourth-order valence-electron chi connectivity index (χ4n) is 1.81. The van der Waals surface area contributed by atoms with Gasteiger partial charge in [0, 0.05) is 11.1 Å². The van der Waals surface area contributed by atoms with Crippen LogP contribution in [0.1, 0.15) is 10.4 Å². The van der Waals surface area contributed by atoms with Crippen LogP contribution in [-0.2, 0) is 4.74 Å². The van der Waals surface area contributed by atoms with E-state index in [1.165, 1.54) is 0 Å². The van der Waals surface area contributed by atoms with Gasteiger partial charge in [-0.2, -0.15) is 0 Å². The van der Waals surface area contributed by atoms with Crippen LogP contribution in [0.2, 0.25) is 0 Å². The second-order valence-electron chi connectivity index (χ2n) is 4.17. The number of hydrogen-bond acceptors (Lipinski definition) is 6. The average molecular weight is 316 g/mol. The van der Waals surface area contributed by atoms with Gasteiger partial charge in [-0.15, -0.1) is 23.1 Å². The summed E-state index contributed by atoms with van der Waals surface area (Å²) in [5.74, 6) is 0.375. The van der Waals surface area contributed by atoms with Gasteiger partial charge in [0.05, 0.1) is 5.56 Å². The number of nitrogens with zero attached hydrogens (tertiary/aromatic N) is 2. The van der Waals surface area contributed by atoms with Crippen molar-refractivity contribution in [3.05, 3.63) is 53.7 Å². The first kappa shape index (κ1) is 14.0. The molecular formula is C15H12N2O2S2. The molecule has 21 heavy (non-hydrogen) atoms. The van der Waals surface area contributed by atoms with Crippen molar-refractivity contribution >= 4 is 39.3 Å². The molecule has 2 aromatic heterocycles. The van der Waals surface area contributed by atoms with Crippen molar-refractivity contribution in [1.82, 2.24) is 9.97 Å². The molecule has 0 saturated carbocycles. The topological polar surface area (TPSA) is 52.1 Å². The van der Waals surface area contributed by atoms with E-state index in [0.29, 0.717) is 17.9 Å². The van der Waals surface area contributed by atoms with E-state index in [0.717, 1.165) is 15.2 Å². The van der Waals surface area contributed by atoms with Crippen LogP contribution >= 0.6 is 23.1 Å². The van der Waals surface area contributed by atoms with Gasteiger partial charge < -0.3 is 4.74 Å². The number of ether oxygens (including phenoxy) is 1. The summed E-state index contributed by atoms with van der Waals surface area (Å²) in [6, 6.07) is 11.0. The quantitative estimate of drug-likeness (QED) is 0.311. The van der Waals surface area contributed by atoms with E-state index in [9.17, 15) is 4.79 Å². The smallest absolute Gasteiger partial charge is 0.338 e. The van der Waals surface area contributed by atoms with E-state index in [-0.39, 0.29) is 5.97 Å². The molecule has 0 aliphatic carbocycles. The van der Waals surface area contributed by atoms with Gasteiger partial charge in [0.15, 0.2) is 0 Å². The fraction of sp³-hybridized carbons (Fsp3) is 0.133. The van der Waals surface area contributed by atoms with Crippen molar-refractivity contribution < 1.29 is 9.53 Å². The standard InChI is InChI=1S/C15H12N2O2S2/c18-15(11-4-2-1-3-5-11)19-7-9-21-14-12-6-8-20-13(12)16-10-17-14/h1-6,8,10H,7,9H2. The molecule has 0 atom stereocenters. The molecule has 3 rings (SSSR count). The summed E-state index contributed by atoms with van der Waals surface area (Å²) >= 11 is 3.16. The number of thioether (sulfide) groups is 1. The van der Waals surface area contributed by atoms with Crippen LogP contribution in [0.4, 0.5) is 0 Å². The Morgan fingerprint density at radius 2 is 2.05 bits per heavy atom. The molecule has 0 fully saturated rings. The van der Waals surface area contributed by atoms with Gasteiger partial charge in [0.25, 0.3) is 0 Å². The summed E-state index contributed by atoms with van der Waals surface area (Å²) in [7, 11) is 0. The molecule has 106 valence electrons. The van der Waals surface area contributed by atoms with E-state index in [2.05, 4.69) is 9.97 Å². The third kappa shape index (κ3) is 3.40. The highest BCUT2D eigenvalue weighted by molar-refractivity contribution is 7.99. The SMILES string of the molecule is O=C(OCCSc1ncnc2sccc12)c1ccccc1. The molecule has 0 aliphatic heterocycles. The molecule has 0 bridgehead atoms. The number of esters is 1. The van der Waals surface area contributed by atoms with Crippen LogP contribution in [-0.4, -0.2) is 28.3 Å². The molecule has 4 nitrogen and oxygen atoms in total. The minimum atomic E-state index is -0.292. The van der Waals surface area contributed by atoms with E-state index in [1.54, 1.807) is 41.6 Å². The number of aromatic nitrogens is 2. The van der Waals surface area contributed by atoms with Crippen molar-refractivity contribution in [1.29, 1.82) is 0 Å². The number of hydrogen-bond donors (Lipinski definition) is 0. The summed E-state index contributed by atoms with van der Waals surface area (Å²) in [5.41, 5.74) is 0.574. The predicted molar refractivity (Wildman–Crippen MR) is 84.9 cm³/mol. The van der Waals surface area contributed by atoms with Crippen LogP contribution in [0.25, 0.3) is 10.2 Å². The van der Waals surface area contributed by atoms with Gasteiger partial charge in [-0.3, -0.25) is 0 Å². The Kier molecular flexibility index (Phi) is 4.47. The van der Waals surface area contributed by atoms with Gasteiger partial charge >= 0.3 is 5.97 Å². The second-order valence-corrected chi connectivity index (χ2v) is 6.15. The first-order valence-electron chi connectivity index (χ1n) is 6.38. The van der Waals surface area contributed by atoms with Crippen LogP contribution < -0.4 is 0 Å². The highest BCUT2D eigenvalue weighted by Gasteiger charge is 2.08. The molecule has 0 saturated heterocycles. The summed E-state index contributed by atoms with van der Waals surface area (Å²) in [6.45, 7) is 0.355. The maximum atomic E-state index is 11.8. The van der Waals surface area contributed by atoms with E-state index in [1.807, 2.05) is 29.6 Å². The van der Waals surface area contributed by atoms with E-state index < -0.39 is 0 Å². The minimum Gasteiger partial charge on any atom is -0.461 e. The maximum Gasteiger partial charge on any atom is 0.338 e. The van der Waals surface area contributed by atoms with E-state index >= 15 is 0 Å². The first-order chi connectivity index (χ1) is 10.3. The lowest BCUT2D eigenvalue weighted by Gasteiger charge is -2.05. The Hall–Kier alpha value is -1.92. The van der Waals surface area contributed by atoms with Gasteiger partial charge in [-0.1, -0.05) is 18.2 Å². The van der Waals surface area contributed by atoms with Gasteiger partial charge in [-0.05, 0) is 23.6 Å².